The van der Waals surface area contributed by atoms with Gasteiger partial charge in [-0.15, -0.1) is 0 Å². The van der Waals surface area contributed by atoms with E-state index in [9.17, 15) is 19.2 Å². The van der Waals surface area contributed by atoms with E-state index in [1.54, 1.807) is 62.3 Å². The first-order chi connectivity index (χ1) is 13.4. The van der Waals surface area contributed by atoms with Gasteiger partial charge in [0.05, 0.1) is 0 Å². The topological polar surface area (TPSA) is 136 Å². The highest BCUT2D eigenvalue weighted by atomic mass is 16.6. The van der Waals surface area contributed by atoms with Gasteiger partial charge in [0.15, 0.2) is 0 Å². The van der Waals surface area contributed by atoms with Gasteiger partial charge in [-0.3, -0.25) is 4.79 Å². The van der Waals surface area contributed by atoms with E-state index in [0.717, 1.165) is 0 Å². The minimum absolute atomic E-state index is 0.280. The van der Waals surface area contributed by atoms with Crippen LogP contribution in [0.4, 0.5) is 9.59 Å². The van der Waals surface area contributed by atoms with Crippen LogP contribution in [0.25, 0.3) is 5.53 Å². The highest BCUT2D eigenvalue weighted by Crippen LogP contribution is 2.21. The Balaban J connectivity index is 6.14. The summed E-state index contributed by atoms with van der Waals surface area (Å²) < 4.78 is 15.9. The van der Waals surface area contributed by atoms with Crippen LogP contribution in [0.1, 0.15) is 75.2 Å². The van der Waals surface area contributed by atoms with E-state index in [2.05, 4.69) is 4.79 Å². The fourth-order valence-corrected chi connectivity index (χ4v) is 2.08. The fourth-order valence-electron chi connectivity index (χ4n) is 2.08. The molecular weight excluding hydrogens is 394 g/mol. The van der Waals surface area contributed by atoms with Crippen molar-refractivity contribution in [2.24, 2.45) is 0 Å². The first-order valence-electron chi connectivity index (χ1n) is 9.54. The zero-order chi connectivity index (χ0) is 23.9. The van der Waals surface area contributed by atoms with E-state index in [0.29, 0.717) is 11.1 Å². The number of esters is 1. The molecule has 0 rings (SSSR count). The van der Waals surface area contributed by atoms with E-state index < -0.39 is 46.8 Å². The molecule has 170 valence electrons. The minimum atomic E-state index is -1.50. The van der Waals surface area contributed by atoms with Crippen molar-refractivity contribution in [3.8, 4) is 0 Å². The van der Waals surface area contributed by atoms with Gasteiger partial charge in [-0.25, -0.2) is 14.4 Å². The molecule has 0 aromatic heterocycles. The van der Waals surface area contributed by atoms with Gasteiger partial charge in [-0.2, -0.15) is 9.69 Å². The monoisotopic (exact) mass is 427 g/mol. The van der Waals surface area contributed by atoms with Crippen molar-refractivity contribution in [2.45, 2.75) is 98.0 Å². The predicted octanol–water partition coefficient (Wildman–Crippen LogP) is 3.52. The highest BCUT2D eigenvalue weighted by molar-refractivity contribution is 6.25. The van der Waals surface area contributed by atoms with Crippen LogP contribution in [0.3, 0.4) is 0 Å². The second-order valence-electron chi connectivity index (χ2n) is 9.63. The molecule has 0 aromatic carbocycles. The number of rotatable bonds is 6. The molecule has 2 amide bonds. The molecule has 0 unspecified atom stereocenters. The SMILES string of the molecule is CC(C)(C)OC(=O)[C@H](CCC(=O)C=[N+]=[N-])N(C(=O)OC(C)(C)C)C(=O)OC(C)(C)C. The molecular formula is C20H33N3O7. The van der Waals surface area contributed by atoms with Crippen LogP contribution in [-0.4, -0.2) is 62.7 Å². The number of carbonyl (C=O) groups is 4. The number of imide groups is 1. The first-order valence-corrected chi connectivity index (χ1v) is 9.54. The molecule has 0 radical (unpaired) electrons. The van der Waals surface area contributed by atoms with Gasteiger partial charge in [0.25, 0.3) is 0 Å². The summed E-state index contributed by atoms with van der Waals surface area (Å²) in [7, 11) is 0. The molecule has 0 N–H and O–H groups in total. The van der Waals surface area contributed by atoms with Crippen molar-refractivity contribution >= 4 is 30.2 Å². The van der Waals surface area contributed by atoms with Crippen LogP contribution in [-0.2, 0) is 23.8 Å². The lowest BCUT2D eigenvalue weighted by Gasteiger charge is -2.33. The minimum Gasteiger partial charge on any atom is -0.458 e. The Hall–Kier alpha value is -2.74. The third kappa shape index (κ3) is 11.3. The summed E-state index contributed by atoms with van der Waals surface area (Å²) in [6, 6.07) is -1.50. The summed E-state index contributed by atoms with van der Waals surface area (Å²) in [6.07, 6.45) is -2.14. The number of ketones is 1. The number of hydrogen-bond acceptors (Lipinski definition) is 7. The van der Waals surface area contributed by atoms with E-state index in [1.807, 2.05) is 0 Å². The van der Waals surface area contributed by atoms with Crippen LogP contribution >= 0.6 is 0 Å². The van der Waals surface area contributed by atoms with Gasteiger partial charge < -0.3 is 19.7 Å². The summed E-state index contributed by atoms with van der Waals surface area (Å²) >= 11 is 0. The maximum Gasteiger partial charge on any atom is 0.420 e. The van der Waals surface area contributed by atoms with Gasteiger partial charge >= 0.3 is 24.4 Å². The van der Waals surface area contributed by atoms with Gasteiger partial charge in [0, 0.05) is 6.42 Å². The van der Waals surface area contributed by atoms with E-state index in [4.69, 9.17) is 19.7 Å². The van der Waals surface area contributed by atoms with Crippen molar-refractivity contribution in [1.82, 2.24) is 4.90 Å². The van der Waals surface area contributed by atoms with Crippen molar-refractivity contribution in [3.63, 3.8) is 0 Å². The standard InChI is InChI=1S/C20H33N3O7/c1-18(2,3)28-15(25)14(11-10-13(24)12-22-21)23(16(26)29-19(4,5)6)17(27)30-20(7,8)9/h12,14H,10-11H2,1-9H3/t14-/m0/s1. The zero-order valence-electron chi connectivity index (χ0n) is 19.3. The van der Waals surface area contributed by atoms with Crippen molar-refractivity contribution in [1.29, 1.82) is 0 Å². The summed E-state index contributed by atoms with van der Waals surface area (Å²) in [6.45, 7) is 14.5. The maximum atomic E-state index is 12.8. The quantitative estimate of drug-likeness (QED) is 0.208. The molecule has 0 aliphatic heterocycles. The lowest BCUT2D eigenvalue weighted by Crippen LogP contribution is -2.53. The molecule has 0 fully saturated rings. The summed E-state index contributed by atoms with van der Waals surface area (Å²) in [5.41, 5.74) is 5.66. The van der Waals surface area contributed by atoms with Gasteiger partial charge in [-0.1, -0.05) is 0 Å². The Morgan fingerprint density at radius 2 is 1.23 bits per heavy atom. The third-order valence-electron chi connectivity index (χ3n) is 3.04. The van der Waals surface area contributed by atoms with Gasteiger partial charge in [-0.05, 0) is 68.7 Å². The molecule has 0 aromatic rings. The molecule has 10 nitrogen and oxygen atoms in total. The number of nitrogens with zero attached hydrogens (tertiary/aromatic N) is 3. The largest absolute Gasteiger partial charge is 0.458 e. The molecule has 0 spiro atoms. The van der Waals surface area contributed by atoms with Crippen molar-refractivity contribution < 1.29 is 38.2 Å². The van der Waals surface area contributed by atoms with E-state index in [-0.39, 0.29) is 12.8 Å². The Morgan fingerprint density at radius 1 is 0.833 bits per heavy atom. The lowest BCUT2D eigenvalue weighted by atomic mass is 10.1. The Bertz CT molecular complexity index is 677. The summed E-state index contributed by atoms with van der Waals surface area (Å²) in [5, 5.41) is 0. The number of Topliss-reactive ketones (excluding diaryl/α,β-unsaturated/α-hetero) is 1. The van der Waals surface area contributed by atoms with Crippen molar-refractivity contribution in [2.75, 3.05) is 0 Å². The molecule has 0 bridgehead atoms. The maximum absolute atomic E-state index is 12.8. The first kappa shape index (κ1) is 27.3. The number of ether oxygens (including phenoxy) is 3. The van der Waals surface area contributed by atoms with Crippen molar-refractivity contribution in [3.05, 3.63) is 5.53 Å². The predicted molar refractivity (Wildman–Crippen MR) is 108 cm³/mol. The van der Waals surface area contributed by atoms with Gasteiger partial charge in [0.1, 0.15) is 22.8 Å². The fraction of sp³-hybridized carbons (Fsp3) is 0.750. The molecule has 0 saturated heterocycles. The van der Waals surface area contributed by atoms with Gasteiger partial charge in [0.2, 0.25) is 5.78 Å². The Labute approximate surface area is 177 Å². The van der Waals surface area contributed by atoms with E-state index in [1.165, 1.54) is 0 Å². The van der Waals surface area contributed by atoms with Crippen LogP contribution in [0, 0.1) is 0 Å². The zero-order valence-corrected chi connectivity index (χ0v) is 19.3. The third-order valence-corrected chi connectivity index (χ3v) is 3.04. The van der Waals surface area contributed by atoms with E-state index >= 15 is 0 Å². The molecule has 0 aliphatic rings. The summed E-state index contributed by atoms with van der Waals surface area (Å²) in [4.78, 5) is 53.4. The molecule has 0 heterocycles. The average Bonchev–Trinajstić information content (AvgIpc) is 2.45. The second kappa shape index (κ2) is 10.3. The molecule has 0 aliphatic carbocycles. The number of amides is 2. The second-order valence-corrected chi connectivity index (χ2v) is 9.63. The number of carbonyl (C=O) groups excluding carboxylic acids is 4. The van der Waals surface area contributed by atoms with Crippen LogP contribution in [0.5, 0.6) is 0 Å². The lowest BCUT2D eigenvalue weighted by molar-refractivity contribution is -0.161. The highest BCUT2D eigenvalue weighted by Gasteiger charge is 2.42. The Morgan fingerprint density at radius 3 is 1.57 bits per heavy atom. The molecule has 1 atom stereocenters. The molecule has 30 heavy (non-hydrogen) atoms. The number of hydrogen-bond donors (Lipinski definition) is 0. The van der Waals surface area contributed by atoms with Crippen LogP contribution in [0.2, 0.25) is 0 Å². The normalized spacial score (nSPS) is 12.8. The Kier molecular flexibility index (Phi) is 9.39. The molecule has 0 saturated carbocycles. The summed E-state index contributed by atoms with van der Waals surface area (Å²) in [5.74, 6) is -1.52. The van der Waals surface area contributed by atoms with Crippen LogP contribution < -0.4 is 0 Å². The molecule has 10 heteroatoms. The van der Waals surface area contributed by atoms with Crippen LogP contribution in [0.15, 0.2) is 0 Å². The average molecular weight is 427 g/mol. The smallest absolute Gasteiger partial charge is 0.420 e.